The predicted octanol–water partition coefficient (Wildman–Crippen LogP) is 3.40. The van der Waals surface area contributed by atoms with Gasteiger partial charge >= 0.3 is 0 Å². The lowest BCUT2D eigenvalue weighted by molar-refractivity contribution is 0.510. The van der Waals surface area contributed by atoms with Crippen LogP contribution in [0.25, 0.3) is 0 Å². The first-order valence-electron chi connectivity index (χ1n) is 5.13. The highest BCUT2D eigenvalue weighted by Crippen LogP contribution is 2.24. The molecule has 2 nitrogen and oxygen atoms in total. The number of hydrazine groups is 1. The van der Waals surface area contributed by atoms with Gasteiger partial charge in [-0.25, -0.2) is 4.39 Å². The summed E-state index contributed by atoms with van der Waals surface area (Å²) in [5.74, 6) is 5.27. The fraction of sp³-hybridized carbons (Fsp3) is 0.167. The first-order valence-corrected chi connectivity index (χ1v) is 6.86. The summed E-state index contributed by atoms with van der Waals surface area (Å²) < 4.78 is 14.6. The van der Waals surface area contributed by atoms with Gasteiger partial charge in [0.05, 0.1) is 6.04 Å². The quantitative estimate of drug-likeness (QED) is 0.670. The highest BCUT2D eigenvalue weighted by atomic mass is 79.9. The Bertz CT molecular complexity index is 487. The first-order chi connectivity index (χ1) is 8.20. The lowest BCUT2D eigenvalue weighted by Gasteiger charge is -2.16. The monoisotopic (exact) mass is 314 g/mol. The maximum atomic E-state index is 13.7. The molecule has 1 unspecified atom stereocenters. The van der Waals surface area contributed by atoms with Crippen molar-refractivity contribution >= 4 is 27.3 Å². The molecule has 1 aromatic heterocycles. The SMILES string of the molecule is NNC(Cc1ccsc1)c1cc(Br)ccc1F. The van der Waals surface area contributed by atoms with Crippen LogP contribution in [0.15, 0.2) is 39.5 Å². The van der Waals surface area contributed by atoms with Gasteiger partial charge in [-0.3, -0.25) is 11.3 Å². The van der Waals surface area contributed by atoms with Crippen LogP contribution in [0.5, 0.6) is 0 Å². The Labute approximate surface area is 112 Å². The lowest BCUT2D eigenvalue weighted by Crippen LogP contribution is -2.30. The van der Waals surface area contributed by atoms with E-state index in [0.29, 0.717) is 12.0 Å². The Hall–Kier alpha value is -0.750. The van der Waals surface area contributed by atoms with Gasteiger partial charge in [-0.05, 0) is 47.0 Å². The van der Waals surface area contributed by atoms with Crippen LogP contribution in [0.2, 0.25) is 0 Å². The van der Waals surface area contributed by atoms with Crippen LogP contribution < -0.4 is 11.3 Å². The van der Waals surface area contributed by atoms with Crippen LogP contribution in [0.3, 0.4) is 0 Å². The summed E-state index contributed by atoms with van der Waals surface area (Å²) >= 11 is 4.96. The molecule has 5 heteroatoms. The van der Waals surface area contributed by atoms with Crippen LogP contribution >= 0.6 is 27.3 Å². The fourth-order valence-electron chi connectivity index (χ4n) is 1.68. The van der Waals surface area contributed by atoms with Gasteiger partial charge in [-0.2, -0.15) is 11.3 Å². The number of rotatable bonds is 4. The molecule has 0 aliphatic rings. The third-order valence-corrected chi connectivity index (χ3v) is 3.78. The minimum atomic E-state index is -0.244. The normalized spacial score (nSPS) is 12.6. The molecule has 1 atom stereocenters. The molecule has 90 valence electrons. The molecule has 2 aromatic rings. The molecule has 1 heterocycles. The maximum absolute atomic E-state index is 13.7. The van der Waals surface area contributed by atoms with Crippen molar-refractivity contribution < 1.29 is 4.39 Å². The number of nitrogens with one attached hydrogen (secondary N) is 1. The molecule has 0 aliphatic carbocycles. The van der Waals surface area contributed by atoms with Crippen molar-refractivity contribution in [3.05, 3.63) is 56.4 Å². The van der Waals surface area contributed by atoms with Crippen molar-refractivity contribution in [2.24, 2.45) is 5.84 Å². The van der Waals surface area contributed by atoms with Crippen LogP contribution in [0.1, 0.15) is 17.2 Å². The van der Waals surface area contributed by atoms with E-state index in [1.54, 1.807) is 23.5 Å². The molecule has 0 fully saturated rings. The van der Waals surface area contributed by atoms with Crippen LogP contribution in [0.4, 0.5) is 4.39 Å². The minimum Gasteiger partial charge on any atom is -0.271 e. The second-order valence-electron chi connectivity index (χ2n) is 3.72. The molecular weight excluding hydrogens is 303 g/mol. The molecule has 0 saturated carbocycles. The van der Waals surface area contributed by atoms with Crippen molar-refractivity contribution in [3.63, 3.8) is 0 Å². The molecule has 0 bridgehead atoms. The summed E-state index contributed by atoms with van der Waals surface area (Å²) in [6.07, 6.45) is 0.674. The highest BCUT2D eigenvalue weighted by molar-refractivity contribution is 9.10. The Morgan fingerprint density at radius 2 is 2.24 bits per heavy atom. The second kappa shape index (κ2) is 5.73. The Balaban J connectivity index is 2.25. The third kappa shape index (κ3) is 3.13. The van der Waals surface area contributed by atoms with Gasteiger partial charge in [-0.15, -0.1) is 0 Å². The molecule has 2 rings (SSSR count). The average Bonchev–Trinajstić information content (AvgIpc) is 2.82. The molecule has 0 radical (unpaired) electrons. The van der Waals surface area contributed by atoms with Gasteiger partial charge in [0.2, 0.25) is 0 Å². The molecule has 17 heavy (non-hydrogen) atoms. The largest absolute Gasteiger partial charge is 0.271 e. The van der Waals surface area contributed by atoms with Crippen LogP contribution in [-0.4, -0.2) is 0 Å². The standard InChI is InChI=1S/C12H12BrFN2S/c13-9-1-2-11(14)10(6-9)12(16-15)5-8-3-4-17-7-8/h1-4,6-7,12,16H,5,15H2. The third-order valence-electron chi connectivity index (χ3n) is 2.55. The molecule has 0 saturated heterocycles. The number of hydrogen-bond donors (Lipinski definition) is 2. The minimum absolute atomic E-state index is 0.220. The lowest BCUT2D eigenvalue weighted by atomic mass is 10.0. The number of hydrogen-bond acceptors (Lipinski definition) is 3. The summed E-state index contributed by atoms with van der Waals surface area (Å²) in [5.41, 5.74) is 4.40. The number of nitrogens with two attached hydrogens (primary N) is 1. The second-order valence-corrected chi connectivity index (χ2v) is 5.42. The van der Waals surface area contributed by atoms with E-state index in [9.17, 15) is 4.39 Å². The molecule has 0 spiro atoms. The van der Waals surface area contributed by atoms with E-state index >= 15 is 0 Å². The van der Waals surface area contributed by atoms with Crippen LogP contribution in [0, 0.1) is 5.82 Å². The van der Waals surface area contributed by atoms with Gasteiger partial charge in [-0.1, -0.05) is 15.9 Å². The topological polar surface area (TPSA) is 38.0 Å². The fourth-order valence-corrected chi connectivity index (χ4v) is 2.75. The molecule has 3 N–H and O–H groups in total. The average molecular weight is 315 g/mol. The van der Waals surface area contributed by atoms with E-state index < -0.39 is 0 Å². The number of thiophene rings is 1. The van der Waals surface area contributed by atoms with E-state index in [1.807, 2.05) is 16.8 Å². The molecule has 1 aromatic carbocycles. The zero-order chi connectivity index (χ0) is 12.3. The van der Waals surface area contributed by atoms with Gasteiger partial charge < -0.3 is 0 Å². The zero-order valence-electron chi connectivity index (χ0n) is 8.99. The molecule has 0 aliphatic heterocycles. The van der Waals surface area contributed by atoms with Crippen molar-refractivity contribution in [1.29, 1.82) is 0 Å². The van der Waals surface area contributed by atoms with E-state index in [4.69, 9.17) is 5.84 Å². The van der Waals surface area contributed by atoms with E-state index in [2.05, 4.69) is 21.4 Å². The van der Waals surface area contributed by atoms with E-state index in [-0.39, 0.29) is 11.9 Å². The Kier molecular flexibility index (Phi) is 4.28. The molecular formula is C12H12BrFN2S. The van der Waals surface area contributed by atoms with E-state index in [1.165, 1.54) is 6.07 Å². The molecule has 0 amide bonds. The van der Waals surface area contributed by atoms with Gasteiger partial charge in [0.15, 0.2) is 0 Å². The summed E-state index contributed by atoms with van der Waals surface area (Å²) in [5, 5.41) is 4.04. The Morgan fingerprint density at radius 1 is 1.41 bits per heavy atom. The van der Waals surface area contributed by atoms with Crippen molar-refractivity contribution in [3.8, 4) is 0 Å². The highest BCUT2D eigenvalue weighted by Gasteiger charge is 2.15. The zero-order valence-corrected chi connectivity index (χ0v) is 11.4. The summed E-state index contributed by atoms with van der Waals surface area (Å²) in [4.78, 5) is 0. The van der Waals surface area contributed by atoms with Gasteiger partial charge in [0.25, 0.3) is 0 Å². The van der Waals surface area contributed by atoms with Crippen molar-refractivity contribution in [2.45, 2.75) is 12.5 Å². The number of benzene rings is 1. The van der Waals surface area contributed by atoms with Gasteiger partial charge in [0, 0.05) is 10.0 Å². The Morgan fingerprint density at radius 3 is 2.88 bits per heavy atom. The van der Waals surface area contributed by atoms with Crippen molar-refractivity contribution in [1.82, 2.24) is 5.43 Å². The van der Waals surface area contributed by atoms with Crippen molar-refractivity contribution in [2.75, 3.05) is 0 Å². The van der Waals surface area contributed by atoms with Gasteiger partial charge in [0.1, 0.15) is 5.82 Å². The number of halogens is 2. The summed E-state index contributed by atoms with van der Waals surface area (Å²) in [6.45, 7) is 0. The predicted molar refractivity (Wildman–Crippen MR) is 72.2 cm³/mol. The summed E-state index contributed by atoms with van der Waals surface area (Å²) in [7, 11) is 0. The van der Waals surface area contributed by atoms with Crippen LogP contribution in [-0.2, 0) is 6.42 Å². The first kappa shape index (κ1) is 12.7. The van der Waals surface area contributed by atoms with E-state index in [0.717, 1.165) is 10.0 Å². The smallest absolute Gasteiger partial charge is 0.128 e. The maximum Gasteiger partial charge on any atom is 0.128 e. The summed E-state index contributed by atoms with van der Waals surface area (Å²) in [6, 6.07) is 6.67.